The summed E-state index contributed by atoms with van der Waals surface area (Å²) < 4.78 is 10.4. The summed E-state index contributed by atoms with van der Waals surface area (Å²) in [6.07, 6.45) is 2.36. The summed E-state index contributed by atoms with van der Waals surface area (Å²) >= 11 is 0. The van der Waals surface area contributed by atoms with Gasteiger partial charge in [0.25, 0.3) is 0 Å². The normalized spacial score (nSPS) is 11.7. The Morgan fingerprint density at radius 1 is 1.00 bits per heavy atom. The lowest BCUT2D eigenvalue weighted by Gasteiger charge is -2.15. The van der Waals surface area contributed by atoms with E-state index in [1.54, 1.807) is 0 Å². The third-order valence-corrected chi connectivity index (χ3v) is 2.65. The summed E-state index contributed by atoms with van der Waals surface area (Å²) in [5.74, 6) is -0.197. The number of unbranched alkanes of at least 4 members (excludes halogenated alkanes) is 1. The van der Waals surface area contributed by atoms with Gasteiger partial charge in [0.2, 0.25) is 0 Å². The van der Waals surface area contributed by atoms with Gasteiger partial charge in [0.15, 0.2) is 0 Å². The minimum absolute atomic E-state index is 0.0924. The van der Waals surface area contributed by atoms with Crippen LogP contribution in [0.4, 0.5) is 0 Å². The quantitative estimate of drug-likeness (QED) is 0.478. The molecule has 0 bridgehead atoms. The van der Waals surface area contributed by atoms with Crippen LogP contribution in [0.2, 0.25) is 0 Å². The molecule has 0 radical (unpaired) electrons. The number of esters is 1. The van der Waals surface area contributed by atoms with E-state index in [0.717, 1.165) is 12.8 Å². The van der Waals surface area contributed by atoms with Crippen molar-refractivity contribution in [1.29, 1.82) is 0 Å². The first kappa shape index (κ1) is 18.1. The highest BCUT2D eigenvalue weighted by Gasteiger charge is 2.21. The fourth-order valence-electron chi connectivity index (χ4n) is 1.37. The van der Waals surface area contributed by atoms with E-state index in [1.807, 2.05) is 34.6 Å². The molecule has 4 heteroatoms. The molecule has 0 amide bonds. The van der Waals surface area contributed by atoms with E-state index >= 15 is 0 Å². The molecule has 0 aliphatic carbocycles. The minimum atomic E-state index is -0.380. The third kappa shape index (κ3) is 10.7. The van der Waals surface area contributed by atoms with Crippen LogP contribution < -0.4 is 0 Å². The van der Waals surface area contributed by atoms with Crippen molar-refractivity contribution in [3.05, 3.63) is 0 Å². The van der Waals surface area contributed by atoms with Crippen LogP contribution in [0.3, 0.4) is 0 Å². The minimum Gasteiger partial charge on any atom is -0.466 e. The fourth-order valence-corrected chi connectivity index (χ4v) is 1.37. The molecule has 0 heterocycles. The van der Waals surface area contributed by atoms with Crippen LogP contribution in [0.1, 0.15) is 60.3 Å². The molecule has 0 spiro atoms. The van der Waals surface area contributed by atoms with Gasteiger partial charge in [-0.1, -0.05) is 20.8 Å². The van der Waals surface area contributed by atoms with Crippen LogP contribution in [-0.2, 0) is 19.1 Å². The van der Waals surface area contributed by atoms with Gasteiger partial charge in [-0.3, -0.25) is 9.59 Å². The Hall–Kier alpha value is -0.900. The maximum Gasteiger partial charge on any atom is 0.306 e. The number of carbonyl (C=O) groups excluding carboxylic acids is 2. The number of hydrogen-bond acceptors (Lipinski definition) is 4. The highest BCUT2D eigenvalue weighted by atomic mass is 16.5. The van der Waals surface area contributed by atoms with Crippen molar-refractivity contribution in [2.45, 2.75) is 66.4 Å². The zero-order chi connectivity index (χ0) is 14.9. The Morgan fingerprint density at radius 3 is 2.11 bits per heavy atom. The lowest BCUT2D eigenvalue weighted by Crippen LogP contribution is -2.21. The molecule has 0 aromatic carbocycles. The van der Waals surface area contributed by atoms with Gasteiger partial charge in [0.05, 0.1) is 19.1 Å². The maximum atomic E-state index is 11.6. The molecule has 0 aliphatic rings. The number of Topliss-reactive ketones (excluding diaryl/α,β-unsaturated/α-hetero) is 1. The van der Waals surface area contributed by atoms with Crippen LogP contribution in [0, 0.1) is 5.41 Å². The predicted octanol–water partition coefficient (Wildman–Crippen LogP) is 3.13. The summed E-state index contributed by atoms with van der Waals surface area (Å²) in [4.78, 5) is 23.0. The first-order valence-electron chi connectivity index (χ1n) is 7.04. The van der Waals surface area contributed by atoms with Gasteiger partial charge in [-0.2, -0.15) is 0 Å². The molecule has 0 fully saturated rings. The van der Waals surface area contributed by atoms with Crippen LogP contribution >= 0.6 is 0 Å². The third-order valence-electron chi connectivity index (χ3n) is 2.65. The zero-order valence-corrected chi connectivity index (χ0v) is 13.0. The monoisotopic (exact) mass is 272 g/mol. The number of ketones is 1. The largest absolute Gasteiger partial charge is 0.466 e. The van der Waals surface area contributed by atoms with Gasteiger partial charge >= 0.3 is 5.97 Å². The first-order chi connectivity index (χ1) is 8.73. The second kappa shape index (κ2) is 9.08. The van der Waals surface area contributed by atoms with Crippen molar-refractivity contribution in [1.82, 2.24) is 0 Å². The predicted molar refractivity (Wildman–Crippen MR) is 75.0 cm³/mol. The summed E-state index contributed by atoms with van der Waals surface area (Å²) in [6, 6.07) is 0. The van der Waals surface area contributed by atoms with Crippen molar-refractivity contribution >= 4 is 11.8 Å². The van der Waals surface area contributed by atoms with Gasteiger partial charge in [-0.25, -0.2) is 0 Å². The Bertz CT molecular complexity index is 276. The molecule has 0 saturated heterocycles. The van der Waals surface area contributed by atoms with Gasteiger partial charge in [0, 0.05) is 18.4 Å². The van der Waals surface area contributed by atoms with Crippen LogP contribution in [-0.4, -0.2) is 31.1 Å². The summed E-state index contributed by atoms with van der Waals surface area (Å²) in [5.41, 5.74) is -0.380. The van der Waals surface area contributed by atoms with Gasteiger partial charge in [0.1, 0.15) is 5.78 Å². The van der Waals surface area contributed by atoms with Crippen LogP contribution in [0.5, 0.6) is 0 Å². The van der Waals surface area contributed by atoms with Gasteiger partial charge < -0.3 is 9.47 Å². The van der Waals surface area contributed by atoms with Gasteiger partial charge in [-0.15, -0.1) is 0 Å². The second-order valence-electron chi connectivity index (χ2n) is 6.02. The van der Waals surface area contributed by atoms with E-state index in [1.165, 1.54) is 0 Å². The van der Waals surface area contributed by atoms with Crippen LogP contribution in [0.25, 0.3) is 0 Å². The molecule has 112 valence electrons. The topological polar surface area (TPSA) is 52.6 Å². The average Bonchev–Trinajstić information content (AvgIpc) is 2.28. The highest BCUT2D eigenvalue weighted by molar-refractivity contribution is 5.86. The molecular weight excluding hydrogens is 244 g/mol. The lowest BCUT2D eigenvalue weighted by molar-refractivity contribution is -0.145. The number of carbonyl (C=O) groups is 2. The molecule has 19 heavy (non-hydrogen) atoms. The molecule has 0 atom stereocenters. The summed E-state index contributed by atoms with van der Waals surface area (Å²) in [6.45, 7) is 10.7. The molecular formula is C15H28O4. The Morgan fingerprint density at radius 2 is 1.58 bits per heavy atom. The SMILES string of the molecule is CC(C)OCCCCOC(=O)CCC(=O)C(C)(C)C. The Balaban J connectivity index is 3.53. The van der Waals surface area contributed by atoms with Crippen LogP contribution in [0.15, 0.2) is 0 Å². The smallest absolute Gasteiger partial charge is 0.306 e. The highest BCUT2D eigenvalue weighted by Crippen LogP contribution is 2.17. The second-order valence-corrected chi connectivity index (χ2v) is 6.02. The molecule has 0 unspecified atom stereocenters. The molecule has 0 aromatic rings. The van der Waals surface area contributed by atoms with Crippen molar-refractivity contribution in [2.24, 2.45) is 5.41 Å². The van der Waals surface area contributed by atoms with Crippen molar-refractivity contribution in [2.75, 3.05) is 13.2 Å². The number of hydrogen-bond donors (Lipinski definition) is 0. The summed E-state index contributed by atoms with van der Waals surface area (Å²) in [5, 5.41) is 0. The summed E-state index contributed by atoms with van der Waals surface area (Å²) in [7, 11) is 0. The van der Waals surface area contributed by atoms with E-state index in [-0.39, 0.29) is 36.1 Å². The molecule has 0 N–H and O–H groups in total. The van der Waals surface area contributed by atoms with Crippen molar-refractivity contribution in [3.8, 4) is 0 Å². The van der Waals surface area contributed by atoms with Crippen molar-refractivity contribution in [3.63, 3.8) is 0 Å². The lowest BCUT2D eigenvalue weighted by atomic mass is 9.88. The number of rotatable bonds is 9. The van der Waals surface area contributed by atoms with Crippen molar-refractivity contribution < 1.29 is 19.1 Å². The first-order valence-corrected chi connectivity index (χ1v) is 7.04. The van der Waals surface area contributed by atoms with E-state index in [0.29, 0.717) is 13.2 Å². The Kier molecular flexibility index (Phi) is 8.65. The molecule has 0 rings (SSSR count). The maximum absolute atomic E-state index is 11.6. The van der Waals surface area contributed by atoms with E-state index in [2.05, 4.69) is 0 Å². The van der Waals surface area contributed by atoms with E-state index < -0.39 is 0 Å². The van der Waals surface area contributed by atoms with E-state index in [9.17, 15) is 9.59 Å². The van der Waals surface area contributed by atoms with Gasteiger partial charge in [-0.05, 0) is 26.7 Å². The standard InChI is InChI=1S/C15H28O4/c1-12(2)18-10-6-7-11-19-14(17)9-8-13(16)15(3,4)5/h12H,6-11H2,1-5H3. The zero-order valence-electron chi connectivity index (χ0n) is 13.0. The molecule has 4 nitrogen and oxygen atoms in total. The fraction of sp³-hybridized carbons (Fsp3) is 0.867. The average molecular weight is 272 g/mol. The molecule has 0 saturated carbocycles. The molecule has 0 aliphatic heterocycles. The Labute approximate surface area is 116 Å². The number of ether oxygens (including phenoxy) is 2. The molecule has 0 aromatic heterocycles. The van der Waals surface area contributed by atoms with E-state index in [4.69, 9.17) is 9.47 Å².